The van der Waals surface area contributed by atoms with Gasteiger partial charge in [0.05, 0.1) is 17.1 Å². The Morgan fingerprint density at radius 2 is 1.86 bits per heavy atom. The molecule has 0 aromatic heterocycles. The Bertz CT molecular complexity index is 548. The molecule has 1 fully saturated rings. The van der Waals surface area contributed by atoms with Gasteiger partial charge >= 0.3 is 0 Å². The molecule has 0 unspecified atom stereocenters. The van der Waals surface area contributed by atoms with Crippen LogP contribution < -0.4 is 9.46 Å². The highest BCUT2D eigenvalue weighted by Crippen LogP contribution is 2.29. The number of hydrogen-bond donors (Lipinski definition) is 2. The fraction of sp³-hybridized carbons (Fsp3) is 0.600. The number of rotatable bonds is 7. The third-order valence-electron chi connectivity index (χ3n) is 3.73. The summed E-state index contributed by atoms with van der Waals surface area (Å²) in [6, 6.07) is 6.33. The molecule has 1 aliphatic rings. The molecule has 0 atom stereocenters. The molecule has 0 amide bonds. The number of aliphatic hydroxyl groups is 1. The maximum atomic E-state index is 12.2. The number of ether oxygens (including phenoxy) is 1. The molecule has 6 heteroatoms. The summed E-state index contributed by atoms with van der Waals surface area (Å²) in [5, 5.41) is 10.2. The molecular formula is C15H23NO4S. The maximum absolute atomic E-state index is 12.2. The van der Waals surface area contributed by atoms with Crippen LogP contribution in [0.4, 0.5) is 0 Å². The van der Waals surface area contributed by atoms with Crippen LogP contribution >= 0.6 is 0 Å². The average molecular weight is 313 g/mol. The molecule has 5 nitrogen and oxygen atoms in total. The second-order valence-electron chi connectivity index (χ2n) is 5.58. The van der Waals surface area contributed by atoms with E-state index in [4.69, 9.17) is 4.74 Å². The van der Waals surface area contributed by atoms with Crippen molar-refractivity contribution >= 4 is 10.0 Å². The van der Waals surface area contributed by atoms with E-state index < -0.39 is 15.6 Å². The van der Waals surface area contributed by atoms with E-state index in [1.165, 1.54) is 12.1 Å². The molecule has 2 rings (SSSR count). The lowest BCUT2D eigenvalue weighted by Gasteiger charge is -2.22. The van der Waals surface area contributed by atoms with Crippen LogP contribution in [0, 0.1) is 0 Å². The molecule has 21 heavy (non-hydrogen) atoms. The largest absolute Gasteiger partial charge is 0.494 e. The highest BCUT2D eigenvalue weighted by atomic mass is 32.2. The van der Waals surface area contributed by atoms with Crippen LogP contribution in [0.3, 0.4) is 0 Å². The Kier molecular flexibility index (Phi) is 5.24. The standard InChI is InChI=1S/C15H23NO4S/c1-2-11-20-13-5-7-14(8-6-13)21(18,19)16-12-15(17)9-3-4-10-15/h5-8,16-17H,2-4,9-12H2,1H3. The summed E-state index contributed by atoms with van der Waals surface area (Å²) >= 11 is 0. The first-order valence-electron chi connectivity index (χ1n) is 7.40. The summed E-state index contributed by atoms with van der Waals surface area (Å²) in [6.07, 6.45) is 4.10. The van der Waals surface area contributed by atoms with E-state index in [1.807, 2.05) is 6.92 Å². The fourth-order valence-electron chi connectivity index (χ4n) is 2.46. The van der Waals surface area contributed by atoms with Crippen molar-refractivity contribution in [3.05, 3.63) is 24.3 Å². The molecule has 0 aliphatic heterocycles. The highest BCUT2D eigenvalue weighted by Gasteiger charge is 2.32. The van der Waals surface area contributed by atoms with Crippen molar-refractivity contribution in [3.63, 3.8) is 0 Å². The Balaban J connectivity index is 1.98. The van der Waals surface area contributed by atoms with Gasteiger partial charge in [-0.25, -0.2) is 13.1 Å². The summed E-state index contributed by atoms with van der Waals surface area (Å²) in [6.45, 7) is 2.69. The molecule has 1 aliphatic carbocycles. The number of hydrogen-bond acceptors (Lipinski definition) is 4. The van der Waals surface area contributed by atoms with E-state index in [-0.39, 0.29) is 11.4 Å². The minimum Gasteiger partial charge on any atom is -0.494 e. The van der Waals surface area contributed by atoms with E-state index in [0.717, 1.165) is 19.3 Å². The molecule has 0 heterocycles. The molecule has 1 saturated carbocycles. The molecule has 118 valence electrons. The van der Waals surface area contributed by atoms with Gasteiger partial charge in [-0.3, -0.25) is 0 Å². The molecule has 0 bridgehead atoms. The van der Waals surface area contributed by atoms with Crippen LogP contribution in [0.2, 0.25) is 0 Å². The zero-order valence-corrected chi connectivity index (χ0v) is 13.2. The van der Waals surface area contributed by atoms with Crippen LogP contribution in [0.1, 0.15) is 39.0 Å². The third-order valence-corrected chi connectivity index (χ3v) is 5.15. The summed E-state index contributed by atoms with van der Waals surface area (Å²) in [5.41, 5.74) is -0.892. The van der Waals surface area contributed by atoms with Crippen molar-refractivity contribution in [2.75, 3.05) is 13.2 Å². The lowest BCUT2D eigenvalue weighted by Crippen LogP contribution is -2.40. The second-order valence-corrected chi connectivity index (χ2v) is 7.34. The number of nitrogens with one attached hydrogen (secondary N) is 1. The predicted molar refractivity (Wildman–Crippen MR) is 80.8 cm³/mol. The summed E-state index contributed by atoms with van der Waals surface area (Å²) in [7, 11) is -3.59. The molecule has 1 aromatic carbocycles. The van der Waals surface area contributed by atoms with Crippen molar-refractivity contribution in [1.29, 1.82) is 0 Å². The topological polar surface area (TPSA) is 75.6 Å². The van der Waals surface area contributed by atoms with Crippen LogP contribution in [0.5, 0.6) is 5.75 Å². The van der Waals surface area contributed by atoms with E-state index in [1.54, 1.807) is 12.1 Å². The van der Waals surface area contributed by atoms with Gasteiger partial charge in [0.25, 0.3) is 0 Å². The lowest BCUT2D eigenvalue weighted by molar-refractivity contribution is 0.0532. The molecule has 0 radical (unpaired) electrons. The fourth-order valence-corrected chi connectivity index (χ4v) is 3.58. The Labute approximate surface area is 126 Å². The zero-order valence-electron chi connectivity index (χ0n) is 12.3. The van der Waals surface area contributed by atoms with Crippen molar-refractivity contribution in [2.24, 2.45) is 0 Å². The maximum Gasteiger partial charge on any atom is 0.240 e. The van der Waals surface area contributed by atoms with E-state index in [2.05, 4.69) is 4.72 Å². The first kappa shape index (κ1) is 16.3. The Morgan fingerprint density at radius 1 is 1.24 bits per heavy atom. The van der Waals surface area contributed by atoms with Crippen LogP contribution in [-0.4, -0.2) is 32.3 Å². The summed E-state index contributed by atoms with van der Waals surface area (Å²) in [5.74, 6) is 0.658. The van der Waals surface area contributed by atoms with Crippen molar-refractivity contribution < 1.29 is 18.3 Å². The second kappa shape index (κ2) is 6.77. The number of sulfonamides is 1. The zero-order chi connectivity index (χ0) is 15.3. The normalized spacial score (nSPS) is 17.8. The van der Waals surface area contributed by atoms with Gasteiger partial charge in [0, 0.05) is 6.54 Å². The van der Waals surface area contributed by atoms with Gasteiger partial charge in [-0.1, -0.05) is 19.8 Å². The van der Waals surface area contributed by atoms with Gasteiger partial charge in [-0.05, 0) is 43.5 Å². The minimum absolute atomic E-state index is 0.0728. The van der Waals surface area contributed by atoms with E-state index in [9.17, 15) is 13.5 Å². The molecule has 2 N–H and O–H groups in total. The minimum atomic E-state index is -3.59. The van der Waals surface area contributed by atoms with Gasteiger partial charge in [0.15, 0.2) is 0 Å². The SMILES string of the molecule is CCCOc1ccc(S(=O)(=O)NCC2(O)CCCC2)cc1. The number of benzene rings is 1. The third kappa shape index (κ3) is 4.43. The smallest absolute Gasteiger partial charge is 0.240 e. The van der Waals surface area contributed by atoms with Crippen molar-refractivity contribution in [3.8, 4) is 5.75 Å². The van der Waals surface area contributed by atoms with Gasteiger partial charge in [-0.15, -0.1) is 0 Å². The quantitative estimate of drug-likeness (QED) is 0.808. The van der Waals surface area contributed by atoms with Crippen LogP contribution in [0.25, 0.3) is 0 Å². The predicted octanol–water partition coefficient (Wildman–Crippen LogP) is 2.06. The average Bonchev–Trinajstić information content (AvgIpc) is 2.91. The van der Waals surface area contributed by atoms with Crippen LogP contribution in [0.15, 0.2) is 29.2 Å². The van der Waals surface area contributed by atoms with E-state index >= 15 is 0 Å². The lowest BCUT2D eigenvalue weighted by atomic mass is 10.0. The van der Waals surface area contributed by atoms with E-state index in [0.29, 0.717) is 25.2 Å². The molecular weight excluding hydrogens is 290 g/mol. The first-order valence-corrected chi connectivity index (χ1v) is 8.88. The Morgan fingerprint density at radius 3 is 2.43 bits per heavy atom. The van der Waals surface area contributed by atoms with Gasteiger partial charge in [0.1, 0.15) is 5.75 Å². The molecule has 0 spiro atoms. The van der Waals surface area contributed by atoms with Crippen molar-refractivity contribution in [1.82, 2.24) is 4.72 Å². The first-order chi connectivity index (χ1) is 9.95. The summed E-state index contributed by atoms with van der Waals surface area (Å²) in [4.78, 5) is 0.188. The molecule has 0 saturated heterocycles. The van der Waals surface area contributed by atoms with Gasteiger partial charge < -0.3 is 9.84 Å². The van der Waals surface area contributed by atoms with Crippen molar-refractivity contribution in [2.45, 2.75) is 49.5 Å². The molecule has 1 aromatic rings. The summed E-state index contributed by atoms with van der Waals surface area (Å²) < 4.78 is 32.3. The van der Waals surface area contributed by atoms with Crippen LogP contribution in [-0.2, 0) is 10.0 Å². The van der Waals surface area contributed by atoms with Gasteiger partial charge in [-0.2, -0.15) is 0 Å². The monoisotopic (exact) mass is 313 g/mol. The van der Waals surface area contributed by atoms with Gasteiger partial charge in [0.2, 0.25) is 10.0 Å². The Hall–Kier alpha value is -1.11. The highest BCUT2D eigenvalue weighted by molar-refractivity contribution is 7.89.